The van der Waals surface area contributed by atoms with Crippen LogP contribution in [0.5, 0.6) is 0 Å². The fourth-order valence-corrected chi connectivity index (χ4v) is 6.05. The van der Waals surface area contributed by atoms with Crippen LogP contribution in [0.25, 0.3) is 0 Å². The molecule has 2 aromatic rings. The summed E-state index contributed by atoms with van der Waals surface area (Å²) in [5.74, 6) is -1.80. The normalized spacial score (nSPS) is 15.6. The van der Waals surface area contributed by atoms with Crippen molar-refractivity contribution in [3.05, 3.63) is 65.2 Å². The number of cyclic esters (lactones) is 1. The number of rotatable bonds is 16. The quantitative estimate of drug-likeness (QED) is 0.110. The minimum absolute atomic E-state index is 0. The Labute approximate surface area is 236 Å². The van der Waals surface area contributed by atoms with Gasteiger partial charge in [-0.2, -0.15) is 0 Å². The number of nitrogens with one attached hydrogen (secondary N) is 1. The topological polar surface area (TPSA) is 124 Å². The van der Waals surface area contributed by atoms with Crippen molar-refractivity contribution in [1.29, 1.82) is 0 Å². The molecule has 0 aliphatic carbocycles. The molecule has 39 heavy (non-hydrogen) atoms. The molecule has 3 rings (SSSR count). The first kappa shape index (κ1) is 32.4. The highest BCUT2D eigenvalue weighted by molar-refractivity contribution is 7.99. The van der Waals surface area contributed by atoms with Crippen molar-refractivity contribution in [2.45, 2.75) is 107 Å². The van der Waals surface area contributed by atoms with E-state index in [0.717, 1.165) is 35.3 Å². The highest BCUT2D eigenvalue weighted by Gasteiger charge is 2.30. The van der Waals surface area contributed by atoms with Crippen LogP contribution >= 0.6 is 11.8 Å². The summed E-state index contributed by atoms with van der Waals surface area (Å²) >= 11 is 1.66. The summed E-state index contributed by atoms with van der Waals surface area (Å²) in [5, 5.41) is 11.4. The van der Waals surface area contributed by atoms with E-state index in [1.807, 2.05) is 24.3 Å². The zero-order chi connectivity index (χ0) is 27.2. The van der Waals surface area contributed by atoms with Gasteiger partial charge in [-0.1, -0.05) is 81.8 Å². The molecule has 2 atom stereocenters. The Hall–Kier alpha value is -2.84. The Bertz CT molecular complexity index is 1040. The van der Waals surface area contributed by atoms with Gasteiger partial charge < -0.3 is 20.6 Å². The van der Waals surface area contributed by atoms with Gasteiger partial charge in [0.25, 0.3) is 0 Å². The zero-order valence-electron chi connectivity index (χ0n) is 23.0. The first-order valence-corrected chi connectivity index (χ1v) is 14.8. The molecule has 0 spiro atoms. The fourth-order valence-electron chi connectivity index (χ4n) is 4.74. The Morgan fingerprint density at radius 1 is 1.03 bits per heavy atom. The third-order valence-electron chi connectivity index (χ3n) is 6.83. The molecule has 0 bridgehead atoms. The molecule has 1 heterocycles. The van der Waals surface area contributed by atoms with Crippen molar-refractivity contribution < 1.29 is 29.7 Å². The first-order chi connectivity index (χ1) is 18.4. The Morgan fingerprint density at radius 2 is 1.74 bits per heavy atom. The van der Waals surface area contributed by atoms with Gasteiger partial charge in [0.15, 0.2) is 0 Å². The van der Waals surface area contributed by atoms with Gasteiger partial charge in [0, 0.05) is 17.9 Å². The maximum atomic E-state index is 12.1. The molecule has 214 valence electrons. The van der Waals surface area contributed by atoms with Crippen LogP contribution in [0.2, 0.25) is 0 Å². The van der Waals surface area contributed by atoms with E-state index in [-0.39, 0.29) is 29.3 Å². The summed E-state index contributed by atoms with van der Waals surface area (Å²) in [6, 6.07) is 16.6. The van der Waals surface area contributed by atoms with Gasteiger partial charge in [0.1, 0.15) is 12.5 Å². The number of hydrogen-bond donors (Lipinski definition) is 2. The van der Waals surface area contributed by atoms with Crippen LogP contribution in [0.1, 0.15) is 99.5 Å². The number of aryl methyl sites for hydroxylation is 1. The summed E-state index contributed by atoms with van der Waals surface area (Å²) in [4.78, 5) is 35.6. The lowest BCUT2D eigenvalue weighted by Crippen LogP contribution is -2.28. The number of thioether (sulfide) groups is 1. The fraction of sp³-hybridized carbons (Fsp3) is 0.516. The van der Waals surface area contributed by atoms with Gasteiger partial charge in [-0.3, -0.25) is 14.4 Å². The summed E-state index contributed by atoms with van der Waals surface area (Å²) in [6.07, 6.45) is 11.6. The number of benzene rings is 2. The van der Waals surface area contributed by atoms with E-state index in [1.54, 1.807) is 11.8 Å². The second kappa shape index (κ2) is 17.7. The van der Waals surface area contributed by atoms with E-state index in [2.05, 4.69) is 36.5 Å². The number of carbonyl (C=O) groups excluding carboxylic acids is 2. The van der Waals surface area contributed by atoms with Gasteiger partial charge in [0.2, 0.25) is 5.91 Å². The van der Waals surface area contributed by atoms with Crippen LogP contribution in [0.4, 0.5) is 0 Å². The smallest absolute Gasteiger partial charge is 0.312 e. The molecule has 7 nitrogen and oxygen atoms in total. The third kappa shape index (κ3) is 11.8. The average Bonchev–Trinajstić information content (AvgIpc) is 2.90. The molecule has 2 unspecified atom stereocenters. The monoisotopic (exact) mass is 557 g/mol. The minimum Gasteiger partial charge on any atom is -0.481 e. The Morgan fingerprint density at radius 3 is 2.44 bits per heavy atom. The van der Waals surface area contributed by atoms with Crippen molar-refractivity contribution in [3.8, 4) is 0 Å². The predicted molar refractivity (Wildman–Crippen MR) is 155 cm³/mol. The number of amides is 1. The van der Waals surface area contributed by atoms with Crippen molar-refractivity contribution >= 4 is 29.6 Å². The number of carboxylic acid groups (broad SMARTS) is 1. The number of hydrogen-bond acceptors (Lipinski definition) is 5. The molecule has 1 fully saturated rings. The summed E-state index contributed by atoms with van der Waals surface area (Å²) in [7, 11) is 0. The number of unbranched alkanes of at least 4 members (excludes halogenated alkanes) is 6. The van der Waals surface area contributed by atoms with Gasteiger partial charge in [-0.05, 0) is 54.5 Å². The van der Waals surface area contributed by atoms with Crippen LogP contribution in [0, 0.1) is 0 Å². The van der Waals surface area contributed by atoms with E-state index in [1.165, 1.54) is 50.5 Å². The average molecular weight is 558 g/mol. The standard InChI is InChI=1S/C31H41NO5S.H2O/c1-2-3-4-5-6-7-8-11-23-16-18-25(19-17-23)31(27-14-10-15-30(36)37-27)38-26-13-9-12-24(20-26)22-32-28(33)21-29(34)35;/h9,12-13,16-20,27,31H,2-8,10-11,14-15,21-22H2,1H3,(H,32,33)(H,34,35);1H2. The Balaban J connectivity index is 0.00000533. The van der Waals surface area contributed by atoms with Crippen molar-refractivity contribution in [2.24, 2.45) is 0 Å². The molecule has 1 aliphatic rings. The summed E-state index contributed by atoms with van der Waals surface area (Å²) in [5.41, 5.74) is 3.36. The molecule has 0 radical (unpaired) electrons. The lowest BCUT2D eigenvalue weighted by atomic mass is 9.98. The molecule has 0 aromatic heterocycles. The van der Waals surface area contributed by atoms with Crippen LogP contribution < -0.4 is 5.32 Å². The second-order valence-corrected chi connectivity index (χ2v) is 11.3. The van der Waals surface area contributed by atoms with E-state index in [0.29, 0.717) is 6.42 Å². The van der Waals surface area contributed by atoms with E-state index in [4.69, 9.17) is 9.84 Å². The minimum atomic E-state index is -1.15. The number of ether oxygens (including phenoxy) is 1. The highest BCUT2D eigenvalue weighted by Crippen LogP contribution is 2.42. The molecule has 2 aromatic carbocycles. The number of esters is 1. The molecule has 4 N–H and O–H groups in total. The second-order valence-electron chi connectivity index (χ2n) is 10.1. The summed E-state index contributed by atoms with van der Waals surface area (Å²) < 4.78 is 5.80. The SMILES string of the molecule is CCCCCCCCCc1ccc(C(Sc2cccc(CNC(=O)CC(=O)O)c2)C2CCCC(=O)O2)cc1.O. The van der Waals surface area contributed by atoms with E-state index < -0.39 is 18.3 Å². The van der Waals surface area contributed by atoms with Crippen molar-refractivity contribution in [3.63, 3.8) is 0 Å². The maximum absolute atomic E-state index is 12.1. The largest absolute Gasteiger partial charge is 0.481 e. The van der Waals surface area contributed by atoms with E-state index in [9.17, 15) is 14.4 Å². The van der Waals surface area contributed by atoms with Gasteiger partial charge in [-0.15, -0.1) is 11.8 Å². The first-order valence-electron chi connectivity index (χ1n) is 14.0. The lowest BCUT2D eigenvalue weighted by molar-refractivity contribution is -0.153. The third-order valence-corrected chi connectivity index (χ3v) is 8.19. The molecular formula is C31H43NO6S. The molecule has 8 heteroatoms. The van der Waals surface area contributed by atoms with Crippen LogP contribution in [-0.4, -0.2) is 34.5 Å². The summed E-state index contributed by atoms with van der Waals surface area (Å²) in [6.45, 7) is 2.51. The number of aliphatic carboxylic acids is 1. The van der Waals surface area contributed by atoms with Crippen LogP contribution in [0.15, 0.2) is 53.4 Å². The predicted octanol–water partition coefficient (Wildman–Crippen LogP) is 6.18. The van der Waals surface area contributed by atoms with Gasteiger partial charge >= 0.3 is 11.9 Å². The van der Waals surface area contributed by atoms with Crippen molar-refractivity contribution in [2.75, 3.05) is 0 Å². The highest BCUT2D eigenvalue weighted by atomic mass is 32.2. The maximum Gasteiger partial charge on any atom is 0.312 e. The van der Waals surface area contributed by atoms with Gasteiger partial charge in [-0.25, -0.2) is 0 Å². The Kier molecular flexibility index (Phi) is 14.7. The van der Waals surface area contributed by atoms with Crippen molar-refractivity contribution in [1.82, 2.24) is 5.32 Å². The zero-order valence-corrected chi connectivity index (χ0v) is 23.8. The molecule has 0 saturated carbocycles. The van der Waals surface area contributed by atoms with Crippen LogP contribution in [-0.2, 0) is 32.1 Å². The van der Waals surface area contributed by atoms with Gasteiger partial charge in [0.05, 0.1) is 5.25 Å². The molecular weight excluding hydrogens is 514 g/mol. The lowest BCUT2D eigenvalue weighted by Gasteiger charge is -2.30. The number of carboxylic acids is 1. The number of carbonyl (C=O) groups is 3. The molecule has 1 saturated heterocycles. The molecule has 1 amide bonds. The van der Waals surface area contributed by atoms with E-state index >= 15 is 0 Å². The van der Waals surface area contributed by atoms with Crippen LogP contribution in [0.3, 0.4) is 0 Å². The molecule has 1 aliphatic heterocycles.